The molecule has 0 saturated carbocycles. The second kappa shape index (κ2) is 7.04. The molecule has 0 atom stereocenters. The molecule has 12 heteroatoms. The highest BCUT2D eigenvalue weighted by atomic mass is 32.2. The van der Waals surface area contributed by atoms with Gasteiger partial charge in [0.2, 0.25) is 10.0 Å². The number of aromatic amines is 1. The van der Waals surface area contributed by atoms with Crippen molar-refractivity contribution < 1.29 is 17.9 Å². The predicted molar refractivity (Wildman–Crippen MR) is 103 cm³/mol. The van der Waals surface area contributed by atoms with Crippen molar-refractivity contribution in [3.63, 3.8) is 0 Å². The molecule has 2 N–H and O–H groups in total. The van der Waals surface area contributed by atoms with Crippen LogP contribution in [0.2, 0.25) is 0 Å². The van der Waals surface area contributed by atoms with Crippen molar-refractivity contribution in [1.29, 1.82) is 0 Å². The van der Waals surface area contributed by atoms with Gasteiger partial charge in [0, 0.05) is 33.1 Å². The molecule has 2 aromatic heterocycles. The van der Waals surface area contributed by atoms with Gasteiger partial charge in [-0.3, -0.25) is 13.9 Å². The lowest BCUT2D eigenvalue weighted by Crippen LogP contribution is -2.36. The minimum atomic E-state index is -3.77. The Kier molecular flexibility index (Phi) is 4.67. The van der Waals surface area contributed by atoms with Crippen LogP contribution < -0.4 is 25.4 Å². The summed E-state index contributed by atoms with van der Waals surface area (Å²) in [6.45, 7) is 0.826. The number of rotatable bonds is 5. The van der Waals surface area contributed by atoms with Crippen molar-refractivity contribution in [3.05, 3.63) is 44.9 Å². The number of hydrogen-bond acceptors (Lipinski definition) is 7. The van der Waals surface area contributed by atoms with Gasteiger partial charge < -0.3 is 14.5 Å². The summed E-state index contributed by atoms with van der Waals surface area (Å²) < 4.78 is 40.6. The van der Waals surface area contributed by atoms with Crippen molar-refractivity contribution in [3.8, 4) is 11.5 Å². The summed E-state index contributed by atoms with van der Waals surface area (Å²) in [5.74, 6) is 1.28. The van der Waals surface area contributed by atoms with Gasteiger partial charge in [-0.1, -0.05) is 0 Å². The van der Waals surface area contributed by atoms with E-state index in [9.17, 15) is 18.0 Å². The van der Waals surface area contributed by atoms with Gasteiger partial charge in [0.05, 0.1) is 4.90 Å². The summed E-state index contributed by atoms with van der Waals surface area (Å²) in [4.78, 5) is 31.3. The quantitative estimate of drug-likeness (QED) is 0.553. The van der Waals surface area contributed by atoms with Crippen LogP contribution >= 0.6 is 0 Å². The van der Waals surface area contributed by atoms with Crippen molar-refractivity contribution in [2.24, 2.45) is 14.1 Å². The van der Waals surface area contributed by atoms with Crippen LogP contribution in [0.1, 0.15) is 5.82 Å². The minimum Gasteiger partial charge on any atom is -0.486 e. The molecule has 0 radical (unpaired) electrons. The summed E-state index contributed by atoms with van der Waals surface area (Å²) in [5.41, 5.74) is -0.555. The average Bonchev–Trinajstić information content (AvgIpc) is 3.14. The minimum absolute atomic E-state index is 0.0465. The number of sulfonamides is 1. The standard InChI is InChI=1S/C17H19N5O6S/c1-21-15-14(16(23)22(2)17(21)24)19-13(20-15)5-6-18-29(25,26)10-3-4-11-12(9-10)28-8-7-27-11/h3-4,9,18H,5-8H2,1-2H3,(H,19,20). The molecule has 3 aromatic rings. The Hall–Kier alpha value is -3.12. The van der Waals surface area contributed by atoms with E-state index < -0.39 is 21.3 Å². The van der Waals surface area contributed by atoms with Gasteiger partial charge in [0.1, 0.15) is 24.6 Å². The highest BCUT2D eigenvalue weighted by molar-refractivity contribution is 7.89. The van der Waals surface area contributed by atoms with E-state index in [0.29, 0.717) is 30.5 Å². The topological polar surface area (TPSA) is 137 Å². The number of nitrogens with one attached hydrogen (secondary N) is 2. The maximum Gasteiger partial charge on any atom is 0.332 e. The van der Waals surface area contributed by atoms with Gasteiger partial charge in [0.15, 0.2) is 17.1 Å². The number of H-pyrrole nitrogens is 1. The Balaban J connectivity index is 1.51. The van der Waals surface area contributed by atoms with E-state index in [1.54, 1.807) is 6.07 Å². The van der Waals surface area contributed by atoms with Gasteiger partial charge in [-0.25, -0.2) is 22.9 Å². The second-order valence-corrected chi connectivity index (χ2v) is 8.31. The highest BCUT2D eigenvalue weighted by Crippen LogP contribution is 2.32. The Bertz CT molecular complexity index is 1320. The molecular weight excluding hydrogens is 402 g/mol. The van der Waals surface area contributed by atoms with Gasteiger partial charge in [-0.15, -0.1) is 0 Å². The molecular formula is C17H19N5O6S. The molecule has 1 aliphatic rings. The lowest BCUT2D eigenvalue weighted by Gasteiger charge is -2.18. The number of aromatic nitrogens is 4. The number of nitrogens with zero attached hydrogens (tertiary/aromatic N) is 3. The van der Waals surface area contributed by atoms with E-state index in [-0.39, 0.29) is 29.0 Å². The molecule has 0 amide bonds. The molecule has 1 aliphatic heterocycles. The van der Waals surface area contributed by atoms with Crippen LogP contribution in [0, 0.1) is 0 Å². The van der Waals surface area contributed by atoms with E-state index in [0.717, 1.165) is 4.57 Å². The largest absolute Gasteiger partial charge is 0.486 e. The van der Waals surface area contributed by atoms with Crippen LogP contribution in [0.5, 0.6) is 11.5 Å². The monoisotopic (exact) mass is 421 g/mol. The molecule has 0 spiro atoms. The number of benzene rings is 1. The zero-order chi connectivity index (χ0) is 20.8. The van der Waals surface area contributed by atoms with Crippen LogP contribution in [0.15, 0.2) is 32.7 Å². The summed E-state index contributed by atoms with van der Waals surface area (Å²) in [6.07, 6.45) is 0.204. The van der Waals surface area contributed by atoms with Crippen LogP contribution in [-0.2, 0) is 30.5 Å². The number of aryl methyl sites for hydroxylation is 1. The van der Waals surface area contributed by atoms with E-state index in [1.165, 1.54) is 30.8 Å². The fourth-order valence-corrected chi connectivity index (χ4v) is 4.12. The third kappa shape index (κ3) is 3.40. The first-order valence-corrected chi connectivity index (χ1v) is 10.3. The van der Waals surface area contributed by atoms with E-state index >= 15 is 0 Å². The normalized spacial score (nSPS) is 13.7. The van der Waals surface area contributed by atoms with Crippen molar-refractivity contribution in [1.82, 2.24) is 23.8 Å². The van der Waals surface area contributed by atoms with Crippen LogP contribution in [-0.4, -0.2) is 47.3 Å². The number of fused-ring (bicyclic) bond motifs is 2. The van der Waals surface area contributed by atoms with Gasteiger partial charge in [-0.05, 0) is 12.1 Å². The zero-order valence-electron chi connectivity index (χ0n) is 15.8. The molecule has 4 rings (SSSR count). The van der Waals surface area contributed by atoms with Crippen LogP contribution in [0.4, 0.5) is 0 Å². The molecule has 11 nitrogen and oxygen atoms in total. The highest BCUT2D eigenvalue weighted by Gasteiger charge is 2.19. The fraction of sp³-hybridized carbons (Fsp3) is 0.353. The summed E-state index contributed by atoms with van der Waals surface area (Å²) >= 11 is 0. The van der Waals surface area contributed by atoms with Gasteiger partial charge in [0.25, 0.3) is 5.56 Å². The van der Waals surface area contributed by atoms with Crippen molar-refractivity contribution in [2.45, 2.75) is 11.3 Å². The molecule has 1 aromatic carbocycles. The average molecular weight is 421 g/mol. The number of imidazole rings is 1. The number of ether oxygens (including phenoxy) is 2. The first kappa shape index (κ1) is 19.2. The molecule has 0 bridgehead atoms. The molecule has 0 fully saturated rings. The lowest BCUT2D eigenvalue weighted by atomic mass is 10.3. The number of hydrogen-bond donors (Lipinski definition) is 2. The Morgan fingerprint density at radius 2 is 1.86 bits per heavy atom. The summed E-state index contributed by atoms with van der Waals surface area (Å²) in [5, 5.41) is 0. The summed E-state index contributed by atoms with van der Waals surface area (Å²) in [6, 6.07) is 4.41. The van der Waals surface area contributed by atoms with E-state index in [4.69, 9.17) is 9.47 Å². The Morgan fingerprint density at radius 1 is 1.14 bits per heavy atom. The first-order valence-electron chi connectivity index (χ1n) is 8.82. The van der Waals surface area contributed by atoms with E-state index in [2.05, 4.69) is 14.7 Å². The SMILES string of the molecule is Cn1c(=O)c2[nH]c(CCNS(=O)(=O)c3ccc4c(c3)OCCO4)nc2n(C)c1=O. The fourth-order valence-electron chi connectivity index (χ4n) is 3.07. The lowest BCUT2D eigenvalue weighted by molar-refractivity contribution is 0.171. The van der Waals surface area contributed by atoms with Crippen LogP contribution in [0.25, 0.3) is 11.2 Å². The van der Waals surface area contributed by atoms with Crippen LogP contribution in [0.3, 0.4) is 0 Å². The Morgan fingerprint density at radius 3 is 2.62 bits per heavy atom. The summed E-state index contributed by atoms with van der Waals surface area (Å²) in [7, 11) is -0.878. The third-order valence-electron chi connectivity index (χ3n) is 4.62. The first-order chi connectivity index (χ1) is 13.8. The molecule has 3 heterocycles. The molecule has 0 saturated heterocycles. The zero-order valence-corrected chi connectivity index (χ0v) is 16.6. The van der Waals surface area contributed by atoms with Crippen molar-refractivity contribution in [2.75, 3.05) is 19.8 Å². The smallest absolute Gasteiger partial charge is 0.332 e. The molecule has 0 aliphatic carbocycles. The van der Waals surface area contributed by atoms with Gasteiger partial charge >= 0.3 is 5.69 Å². The third-order valence-corrected chi connectivity index (χ3v) is 6.08. The van der Waals surface area contributed by atoms with E-state index in [1.807, 2.05) is 0 Å². The van der Waals surface area contributed by atoms with Crippen molar-refractivity contribution >= 4 is 21.2 Å². The van der Waals surface area contributed by atoms with Gasteiger partial charge in [-0.2, -0.15) is 0 Å². The molecule has 29 heavy (non-hydrogen) atoms. The maximum atomic E-state index is 12.5. The molecule has 154 valence electrons. The molecule has 0 unspecified atom stereocenters. The predicted octanol–water partition coefficient (Wildman–Crippen LogP) is -0.748. The Labute approximate surface area is 165 Å². The maximum absolute atomic E-state index is 12.5. The second-order valence-electron chi connectivity index (χ2n) is 6.54.